The first kappa shape index (κ1) is 35.1. The lowest BCUT2D eigenvalue weighted by atomic mass is 9.61. The van der Waals surface area contributed by atoms with Crippen molar-refractivity contribution in [2.75, 3.05) is 50.7 Å². The largest absolute Gasteiger partial charge is 0.490 e. The Kier molecular flexibility index (Phi) is 9.30. The Morgan fingerprint density at radius 3 is 2.52 bits per heavy atom. The van der Waals surface area contributed by atoms with Gasteiger partial charge in [0.2, 0.25) is 0 Å². The highest BCUT2D eigenvalue weighted by atomic mass is 19.3. The van der Waals surface area contributed by atoms with Crippen LogP contribution in [0.15, 0.2) is 43.0 Å². The Hall–Kier alpha value is -3.97. The maximum atomic E-state index is 14.5. The normalized spacial score (nSPS) is 22.6. The van der Waals surface area contributed by atoms with Gasteiger partial charge in [0.05, 0.1) is 17.5 Å². The van der Waals surface area contributed by atoms with E-state index in [1.807, 2.05) is 12.3 Å². The van der Waals surface area contributed by atoms with Crippen molar-refractivity contribution in [3.63, 3.8) is 0 Å². The SMILES string of the molecule is CC1c2c(OC3CC4(C3)CN(c3ncncc3Oc3ccc(F)cc3C(=O)N(C(C)C)C3CC(F)(F)C3)C4)ccnc2CCN1CCCN1CCC1. The first-order valence-corrected chi connectivity index (χ1v) is 18.8. The summed E-state index contributed by atoms with van der Waals surface area (Å²) in [4.78, 5) is 35.8. The highest BCUT2D eigenvalue weighted by Crippen LogP contribution is 2.52. The summed E-state index contributed by atoms with van der Waals surface area (Å²) < 4.78 is 55.0. The molecule has 278 valence electrons. The maximum absolute atomic E-state index is 14.5. The van der Waals surface area contributed by atoms with E-state index in [1.165, 1.54) is 67.6 Å². The van der Waals surface area contributed by atoms with Gasteiger partial charge in [-0.25, -0.2) is 23.1 Å². The second-order valence-electron chi connectivity index (χ2n) is 15.9. The minimum Gasteiger partial charge on any atom is -0.490 e. The number of fused-ring (bicyclic) bond motifs is 1. The number of ether oxygens (including phenoxy) is 2. The van der Waals surface area contributed by atoms with Gasteiger partial charge in [-0.05, 0) is 96.9 Å². The van der Waals surface area contributed by atoms with E-state index in [0.717, 1.165) is 63.0 Å². The molecule has 13 heteroatoms. The van der Waals surface area contributed by atoms with E-state index >= 15 is 0 Å². The van der Waals surface area contributed by atoms with Crippen LogP contribution in [0.5, 0.6) is 17.2 Å². The zero-order valence-corrected chi connectivity index (χ0v) is 30.2. The van der Waals surface area contributed by atoms with Gasteiger partial charge >= 0.3 is 0 Å². The number of amides is 1. The highest BCUT2D eigenvalue weighted by molar-refractivity contribution is 5.97. The van der Waals surface area contributed by atoms with Gasteiger partial charge in [0, 0.05) is 74.2 Å². The number of rotatable bonds is 12. The van der Waals surface area contributed by atoms with Crippen LogP contribution >= 0.6 is 0 Å². The molecule has 3 aromatic rings. The average Bonchev–Trinajstić information content (AvgIpc) is 3.04. The summed E-state index contributed by atoms with van der Waals surface area (Å²) in [6.07, 6.45) is 9.47. The van der Waals surface area contributed by atoms with Crippen LogP contribution in [-0.2, 0) is 6.42 Å². The summed E-state index contributed by atoms with van der Waals surface area (Å²) in [5, 5.41) is 0. The van der Waals surface area contributed by atoms with E-state index in [4.69, 9.17) is 14.5 Å². The Labute approximate surface area is 303 Å². The fourth-order valence-electron chi connectivity index (χ4n) is 8.90. The van der Waals surface area contributed by atoms with E-state index in [0.29, 0.717) is 11.6 Å². The number of hydrogen-bond acceptors (Lipinski definition) is 9. The van der Waals surface area contributed by atoms with Gasteiger partial charge < -0.3 is 24.2 Å². The maximum Gasteiger partial charge on any atom is 0.258 e. The molecule has 2 aromatic heterocycles. The van der Waals surface area contributed by atoms with Crippen molar-refractivity contribution in [2.24, 2.45) is 5.41 Å². The lowest BCUT2D eigenvalue weighted by molar-refractivity contribution is -0.120. The van der Waals surface area contributed by atoms with Crippen LogP contribution in [0, 0.1) is 11.2 Å². The number of alkyl halides is 2. The standard InChI is InChI=1S/C39H48F3N7O3/c1-25(2)49(28-17-39(41,42)18-28)37(50)30-16-27(40)6-7-32(30)52-34-21-43-24-45-36(34)48-22-38(23-48)19-29(20-38)51-33-8-10-44-31-9-15-47(26(3)35(31)33)14-5-13-46-11-4-12-46/h6-8,10,16,21,24-26,28-29H,4-5,9,11-15,17-20,22-23H2,1-3H3. The van der Waals surface area contributed by atoms with Crippen LogP contribution in [0.4, 0.5) is 19.0 Å². The molecule has 3 aliphatic heterocycles. The summed E-state index contributed by atoms with van der Waals surface area (Å²) in [6, 6.07) is 5.01. The molecule has 4 fully saturated rings. The molecule has 1 unspecified atom stereocenters. The van der Waals surface area contributed by atoms with Crippen LogP contribution < -0.4 is 14.4 Å². The molecular weight excluding hydrogens is 671 g/mol. The molecular formula is C39H48F3N7O3. The van der Waals surface area contributed by atoms with Gasteiger partial charge in [0.15, 0.2) is 11.6 Å². The van der Waals surface area contributed by atoms with Crippen molar-refractivity contribution in [1.29, 1.82) is 0 Å². The lowest BCUT2D eigenvalue weighted by Gasteiger charge is -2.59. The number of aromatic nitrogens is 3. The molecule has 1 aromatic carbocycles. The monoisotopic (exact) mass is 719 g/mol. The number of carbonyl (C=O) groups is 1. The predicted molar refractivity (Wildman–Crippen MR) is 190 cm³/mol. The van der Waals surface area contributed by atoms with Crippen molar-refractivity contribution in [3.05, 3.63) is 65.6 Å². The van der Waals surface area contributed by atoms with Crippen LogP contribution in [-0.4, -0.2) is 105 Å². The fourth-order valence-corrected chi connectivity index (χ4v) is 8.90. The van der Waals surface area contributed by atoms with Crippen molar-refractivity contribution in [2.45, 2.75) is 95.9 Å². The number of anilines is 1. The van der Waals surface area contributed by atoms with Crippen molar-refractivity contribution in [1.82, 2.24) is 29.7 Å². The van der Waals surface area contributed by atoms with Gasteiger partial charge in [0.1, 0.15) is 29.7 Å². The van der Waals surface area contributed by atoms with Crippen LogP contribution in [0.1, 0.15) is 87.0 Å². The zero-order chi connectivity index (χ0) is 36.2. The van der Waals surface area contributed by atoms with Crippen molar-refractivity contribution < 1.29 is 27.4 Å². The molecule has 5 aliphatic rings. The number of halogens is 3. The van der Waals surface area contributed by atoms with Gasteiger partial charge in [-0.2, -0.15) is 0 Å². The molecule has 1 atom stereocenters. The number of likely N-dealkylation sites (tertiary alicyclic amines) is 1. The zero-order valence-electron chi connectivity index (χ0n) is 30.2. The van der Waals surface area contributed by atoms with E-state index in [2.05, 4.69) is 31.6 Å². The Balaban J connectivity index is 0.902. The smallest absolute Gasteiger partial charge is 0.258 e. The van der Waals surface area contributed by atoms with E-state index in [-0.39, 0.29) is 34.9 Å². The molecule has 8 rings (SSSR count). The van der Waals surface area contributed by atoms with Crippen LogP contribution in [0.25, 0.3) is 0 Å². The first-order valence-electron chi connectivity index (χ1n) is 18.8. The third-order valence-corrected chi connectivity index (χ3v) is 11.8. The number of nitrogens with zero attached hydrogens (tertiary/aromatic N) is 7. The molecule has 1 amide bonds. The Bertz CT molecular complexity index is 1780. The third kappa shape index (κ3) is 6.81. The number of hydrogen-bond donors (Lipinski definition) is 0. The quantitative estimate of drug-likeness (QED) is 0.208. The molecule has 2 aliphatic carbocycles. The van der Waals surface area contributed by atoms with Gasteiger partial charge in [0.25, 0.3) is 11.8 Å². The number of benzene rings is 1. The number of carbonyl (C=O) groups excluding carboxylic acids is 1. The molecule has 0 bridgehead atoms. The third-order valence-electron chi connectivity index (χ3n) is 11.8. The summed E-state index contributed by atoms with van der Waals surface area (Å²) in [5.74, 6) is -1.97. The topological polar surface area (TPSA) is 87.2 Å². The van der Waals surface area contributed by atoms with Gasteiger partial charge in [-0.3, -0.25) is 14.7 Å². The van der Waals surface area contributed by atoms with E-state index in [9.17, 15) is 18.0 Å². The minimum absolute atomic E-state index is 0.0276. The predicted octanol–water partition coefficient (Wildman–Crippen LogP) is 6.51. The van der Waals surface area contributed by atoms with Crippen molar-refractivity contribution in [3.8, 4) is 17.2 Å². The van der Waals surface area contributed by atoms with E-state index < -0.39 is 36.5 Å². The molecule has 5 heterocycles. The Morgan fingerprint density at radius 1 is 1.02 bits per heavy atom. The van der Waals surface area contributed by atoms with Crippen LogP contribution in [0.2, 0.25) is 0 Å². The molecule has 0 radical (unpaired) electrons. The fraction of sp³-hybridized carbons (Fsp3) is 0.590. The molecule has 0 N–H and O–H groups in total. The summed E-state index contributed by atoms with van der Waals surface area (Å²) in [7, 11) is 0. The minimum atomic E-state index is -2.80. The average molecular weight is 720 g/mol. The lowest BCUT2D eigenvalue weighted by Crippen LogP contribution is -2.65. The summed E-state index contributed by atoms with van der Waals surface area (Å²) in [5.41, 5.74) is 2.46. The summed E-state index contributed by atoms with van der Waals surface area (Å²) in [6.45, 7) is 13.1. The Morgan fingerprint density at radius 2 is 1.81 bits per heavy atom. The van der Waals surface area contributed by atoms with Crippen LogP contribution in [0.3, 0.4) is 0 Å². The summed E-state index contributed by atoms with van der Waals surface area (Å²) >= 11 is 0. The second kappa shape index (κ2) is 13.8. The second-order valence-corrected chi connectivity index (χ2v) is 15.9. The molecule has 10 nitrogen and oxygen atoms in total. The molecule has 2 saturated carbocycles. The van der Waals surface area contributed by atoms with Gasteiger partial charge in [-0.1, -0.05) is 0 Å². The molecule has 2 saturated heterocycles. The highest BCUT2D eigenvalue weighted by Gasteiger charge is 2.55. The molecule has 1 spiro atoms. The van der Waals surface area contributed by atoms with Gasteiger partial charge in [-0.15, -0.1) is 0 Å². The first-order chi connectivity index (χ1) is 25.0. The van der Waals surface area contributed by atoms with Crippen molar-refractivity contribution >= 4 is 11.7 Å². The number of pyridine rings is 1. The molecule has 52 heavy (non-hydrogen) atoms. The van der Waals surface area contributed by atoms with E-state index in [1.54, 1.807) is 13.8 Å².